The number of rotatable bonds is 3. The standard InChI is InChI=1S/C22H19N5O2/c1-26-12-17(11-24-26)19-14-27(13-16-5-2-3-7-18(16)19)22(28)20-9-21(29-25-20)15-6-4-8-23-10-15/h2-12,19H,13-14H2,1H3/t19-/m0/s1. The summed E-state index contributed by atoms with van der Waals surface area (Å²) in [7, 11) is 1.90. The number of hydrogen-bond donors (Lipinski definition) is 0. The third kappa shape index (κ3) is 3.20. The number of carbonyl (C=O) groups is 1. The summed E-state index contributed by atoms with van der Waals surface area (Å²) in [5, 5.41) is 8.32. The molecule has 1 aliphatic heterocycles. The maximum absolute atomic E-state index is 13.2. The minimum Gasteiger partial charge on any atom is -0.355 e. The summed E-state index contributed by atoms with van der Waals surface area (Å²) in [4.78, 5) is 19.1. The van der Waals surface area contributed by atoms with Crippen LogP contribution in [0, 0.1) is 0 Å². The number of benzene rings is 1. The summed E-state index contributed by atoms with van der Waals surface area (Å²) in [6, 6.07) is 13.6. The monoisotopic (exact) mass is 385 g/mol. The third-order valence-electron chi connectivity index (χ3n) is 5.28. The molecule has 7 nitrogen and oxygen atoms in total. The van der Waals surface area contributed by atoms with E-state index in [9.17, 15) is 4.79 Å². The Hall–Kier alpha value is -3.74. The van der Waals surface area contributed by atoms with Crippen molar-refractivity contribution in [1.29, 1.82) is 0 Å². The topological polar surface area (TPSA) is 77.0 Å². The molecule has 4 heterocycles. The van der Waals surface area contributed by atoms with Crippen molar-refractivity contribution in [1.82, 2.24) is 24.8 Å². The van der Waals surface area contributed by atoms with Crippen molar-refractivity contribution in [3.8, 4) is 11.3 Å². The third-order valence-corrected chi connectivity index (χ3v) is 5.28. The van der Waals surface area contributed by atoms with Crippen LogP contribution in [-0.2, 0) is 13.6 Å². The van der Waals surface area contributed by atoms with E-state index >= 15 is 0 Å². The van der Waals surface area contributed by atoms with Gasteiger partial charge < -0.3 is 9.42 Å². The molecule has 3 aromatic heterocycles. The molecular formula is C22H19N5O2. The zero-order valence-corrected chi connectivity index (χ0v) is 15.9. The van der Waals surface area contributed by atoms with Gasteiger partial charge in [0.25, 0.3) is 5.91 Å². The van der Waals surface area contributed by atoms with Gasteiger partial charge in [0.15, 0.2) is 11.5 Å². The first-order valence-electron chi connectivity index (χ1n) is 9.42. The van der Waals surface area contributed by atoms with Crippen molar-refractivity contribution in [3.05, 3.63) is 89.6 Å². The lowest BCUT2D eigenvalue weighted by Crippen LogP contribution is -2.38. The van der Waals surface area contributed by atoms with E-state index in [1.165, 1.54) is 5.56 Å². The number of fused-ring (bicyclic) bond motifs is 1. The summed E-state index contributed by atoms with van der Waals surface area (Å²) in [5.74, 6) is 0.456. The van der Waals surface area contributed by atoms with Crippen molar-refractivity contribution in [3.63, 3.8) is 0 Å². The number of amides is 1. The van der Waals surface area contributed by atoms with Crippen LogP contribution in [0.5, 0.6) is 0 Å². The average Bonchev–Trinajstić information content (AvgIpc) is 3.42. The van der Waals surface area contributed by atoms with Gasteiger partial charge in [0.2, 0.25) is 0 Å². The van der Waals surface area contributed by atoms with E-state index in [4.69, 9.17) is 4.52 Å². The fraction of sp³-hybridized carbons (Fsp3) is 0.182. The minimum absolute atomic E-state index is 0.0716. The quantitative estimate of drug-likeness (QED) is 0.541. The Bertz CT molecular complexity index is 1160. The highest BCUT2D eigenvalue weighted by Gasteiger charge is 2.31. The first-order valence-corrected chi connectivity index (χ1v) is 9.42. The van der Waals surface area contributed by atoms with Gasteiger partial charge in [-0.3, -0.25) is 14.5 Å². The molecule has 0 unspecified atom stereocenters. The zero-order valence-electron chi connectivity index (χ0n) is 15.9. The number of aromatic nitrogens is 4. The molecule has 29 heavy (non-hydrogen) atoms. The Morgan fingerprint density at radius 2 is 2.07 bits per heavy atom. The van der Waals surface area contributed by atoms with Gasteiger partial charge in [-0.2, -0.15) is 5.10 Å². The van der Waals surface area contributed by atoms with E-state index in [1.54, 1.807) is 23.1 Å². The van der Waals surface area contributed by atoms with Crippen molar-refractivity contribution in [2.24, 2.45) is 7.05 Å². The van der Waals surface area contributed by atoms with Gasteiger partial charge in [-0.15, -0.1) is 0 Å². The average molecular weight is 385 g/mol. The van der Waals surface area contributed by atoms with Crippen molar-refractivity contribution in [2.45, 2.75) is 12.5 Å². The van der Waals surface area contributed by atoms with Gasteiger partial charge in [-0.1, -0.05) is 29.4 Å². The molecule has 0 N–H and O–H groups in total. The normalized spacial score (nSPS) is 15.9. The second-order valence-corrected chi connectivity index (χ2v) is 7.20. The zero-order chi connectivity index (χ0) is 19.8. The summed E-state index contributed by atoms with van der Waals surface area (Å²) in [6.07, 6.45) is 7.25. The van der Waals surface area contributed by atoms with Crippen LogP contribution < -0.4 is 0 Å². The molecule has 0 saturated carbocycles. The Morgan fingerprint density at radius 3 is 2.86 bits per heavy atom. The second kappa shape index (κ2) is 7.01. The Balaban J connectivity index is 1.46. The van der Waals surface area contributed by atoms with Gasteiger partial charge in [-0.05, 0) is 28.8 Å². The SMILES string of the molecule is Cn1cc([C@@H]2CN(C(=O)c3cc(-c4cccnc4)on3)Cc3ccccc32)cn1. The van der Waals surface area contributed by atoms with E-state index in [2.05, 4.69) is 27.4 Å². The van der Waals surface area contributed by atoms with Gasteiger partial charge in [-0.25, -0.2) is 0 Å². The predicted octanol–water partition coefficient (Wildman–Crippen LogP) is 3.26. The van der Waals surface area contributed by atoms with Crippen molar-refractivity contribution in [2.75, 3.05) is 6.54 Å². The molecule has 144 valence electrons. The molecule has 0 aliphatic carbocycles. The molecule has 1 amide bonds. The predicted molar refractivity (Wildman–Crippen MR) is 106 cm³/mol. The van der Waals surface area contributed by atoms with E-state index in [-0.39, 0.29) is 11.8 Å². The van der Waals surface area contributed by atoms with Gasteiger partial charge >= 0.3 is 0 Å². The number of carbonyl (C=O) groups excluding carboxylic acids is 1. The molecule has 1 aromatic carbocycles. The Kier molecular flexibility index (Phi) is 4.20. The van der Waals surface area contributed by atoms with Crippen LogP contribution in [0.3, 0.4) is 0 Å². The van der Waals surface area contributed by atoms with Crippen LogP contribution in [0.1, 0.15) is 33.1 Å². The van der Waals surface area contributed by atoms with Crippen molar-refractivity contribution >= 4 is 5.91 Å². The number of pyridine rings is 1. The highest BCUT2D eigenvalue weighted by atomic mass is 16.5. The van der Waals surface area contributed by atoms with Crippen LogP contribution in [0.15, 0.2) is 71.8 Å². The molecule has 1 atom stereocenters. The van der Waals surface area contributed by atoms with E-state index in [0.717, 1.165) is 16.7 Å². The number of nitrogens with zero attached hydrogens (tertiary/aromatic N) is 5. The van der Waals surface area contributed by atoms with Crippen molar-refractivity contribution < 1.29 is 9.32 Å². The Morgan fingerprint density at radius 1 is 1.17 bits per heavy atom. The maximum atomic E-state index is 13.2. The molecule has 1 aliphatic rings. The van der Waals surface area contributed by atoms with Crippen LogP contribution in [-0.4, -0.2) is 37.3 Å². The molecule has 0 radical (unpaired) electrons. The fourth-order valence-corrected chi connectivity index (χ4v) is 3.85. The highest BCUT2D eigenvalue weighted by molar-refractivity contribution is 5.93. The maximum Gasteiger partial charge on any atom is 0.276 e. The fourth-order valence-electron chi connectivity index (χ4n) is 3.85. The van der Waals surface area contributed by atoms with Crippen LogP contribution >= 0.6 is 0 Å². The van der Waals surface area contributed by atoms with Crippen LogP contribution in [0.25, 0.3) is 11.3 Å². The summed E-state index contributed by atoms with van der Waals surface area (Å²) < 4.78 is 7.18. The van der Waals surface area contributed by atoms with E-state index < -0.39 is 0 Å². The van der Waals surface area contributed by atoms with Gasteiger partial charge in [0, 0.05) is 56.3 Å². The number of hydrogen-bond acceptors (Lipinski definition) is 5. The summed E-state index contributed by atoms with van der Waals surface area (Å²) in [6.45, 7) is 1.11. The molecule has 4 aromatic rings. The summed E-state index contributed by atoms with van der Waals surface area (Å²) >= 11 is 0. The Labute approximate surface area is 167 Å². The molecular weight excluding hydrogens is 366 g/mol. The largest absolute Gasteiger partial charge is 0.355 e. The lowest BCUT2D eigenvalue weighted by Gasteiger charge is -2.34. The first kappa shape index (κ1) is 17.4. The smallest absolute Gasteiger partial charge is 0.276 e. The van der Waals surface area contributed by atoms with Gasteiger partial charge in [0.05, 0.1) is 6.20 Å². The molecule has 0 spiro atoms. The summed E-state index contributed by atoms with van der Waals surface area (Å²) in [5.41, 5.74) is 4.55. The van der Waals surface area contributed by atoms with E-state index in [1.807, 2.05) is 48.6 Å². The van der Waals surface area contributed by atoms with Gasteiger partial charge in [0.1, 0.15) is 0 Å². The first-order chi connectivity index (χ1) is 14.2. The number of aryl methyl sites for hydroxylation is 1. The second-order valence-electron chi connectivity index (χ2n) is 7.20. The van der Waals surface area contributed by atoms with Crippen LogP contribution in [0.4, 0.5) is 0 Å². The minimum atomic E-state index is -0.146. The van der Waals surface area contributed by atoms with E-state index in [0.29, 0.717) is 24.5 Å². The molecule has 0 saturated heterocycles. The highest BCUT2D eigenvalue weighted by Crippen LogP contribution is 2.34. The molecule has 7 heteroatoms. The molecule has 0 fully saturated rings. The van der Waals surface area contributed by atoms with Crippen LogP contribution in [0.2, 0.25) is 0 Å². The molecule has 5 rings (SSSR count). The lowest BCUT2D eigenvalue weighted by molar-refractivity contribution is 0.0714. The lowest BCUT2D eigenvalue weighted by atomic mass is 9.86. The molecule has 0 bridgehead atoms.